The van der Waals surface area contributed by atoms with Crippen molar-refractivity contribution < 1.29 is 22.0 Å². The van der Waals surface area contributed by atoms with Crippen molar-refractivity contribution in [2.75, 3.05) is 6.54 Å². The zero-order valence-corrected chi connectivity index (χ0v) is 19.2. The molecule has 0 saturated carbocycles. The van der Waals surface area contributed by atoms with Crippen molar-refractivity contribution in [3.63, 3.8) is 0 Å². The lowest BCUT2D eigenvalue weighted by atomic mass is 9.72. The summed E-state index contributed by atoms with van der Waals surface area (Å²) in [7, 11) is 0. The number of hydrogen-bond donors (Lipinski definition) is 1. The maximum absolute atomic E-state index is 11.7. The van der Waals surface area contributed by atoms with E-state index in [-0.39, 0.29) is 18.4 Å². The second-order valence-corrected chi connectivity index (χ2v) is 9.08. The number of aliphatic hydroxyl groups is 1. The van der Waals surface area contributed by atoms with Crippen molar-refractivity contribution in [2.24, 2.45) is 0 Å². The summed E-state index contributed by atoms with van der Waals surface area (Å²) in [5, 5.41) is 11.7. The van der Waals surface area contributed by atoms with Crippen molar-refractivity contribution in [3.05, 3.63) is 108 Å². The van der Waals surface area contributed by atoms with Crippen molar-refractivity contribution in [2.45, 2.75) is 57.3 Å². The van der Waals surface area contributed by atoms with Gasteiger partial charge in [0.1, 0.15) is 25.7 Å². The first-order valence-electron chi connectivity index (χ1n) is 11.3. The Kier molecular flexibility index (Phi) is 7.94. The Morgan fingerprint density at radius 3 is 1.68 bits per heavy atom. The molecule has 31 heavy (non-hydrogen) atoms. The van der Waals surface area contributed by atoms with Crippen LogP contribution in [0.2, 0.25) is 0 Å². The molecule has 0 aromatic heterocycles. The topological polar surface area (TPSA) is 20.2 Å². The molecular formula is C28H34ClNO. The van der Waals surface area contributed by atoms with Crippen molar-refractivity contribution in [1.29, 1.82) is 0 Å². The van der Waals surface area contributed by atoms with Crippen LogP contribution in [0.3, 0.4) is 0 Å². The Labute approximate surface area is 193 Å². The predicted octanol–water partition coefficient (Wildman–Crippen LogP) is 2.75. The first-order chi connectivity index (χ1) is 14.6. The van der Waals surface area contributed by atoms with Gasteiger partial charge in [-0.05, 0) is 12.0 Å². The van der Waals surface area contributed by atoms with E-state index in [0.29, 0.717) is 0 Å². The quantitative estimate of drug-likeness (QED) is 0.512. The van der Waals surface area contributed by atoms with Crippen LogP contribution < -0.4 is 12.4 Å². The van der Waals surface area contributed by atoms with Gasteiger partial charge >= 0.3 is 0 Å². The molecule has 2 atom stereocenters. The maximum atomic E-state index is 11.7. The molecule has 0 spiro atoms. The third-order valence-corrected chi connectivity index (χ3v) is 6.79. The third kappa shape index (κ3) is 5.38. The summed E-state index contributed by atoms with van der Waals surface area (Å²) in [5.74, 6) is 0. The highest BCUT2D eigenvalue weighted by Gasteiger charge is 2.63. The van der Waals surface area contributed by atoms with E-state index in [1.165, 1.54) is 16.7 Å². The van der Waals surface area contributed by atoms with Gasteiger partial charge in [0, 0.05) is 17.5 Å². The highest BCUT2D eigenvalue weighted by molar-refractivity contribution is 5.20. The molecule has 1 fully saturated rings. The fraction of sp³-hybridized carbons (Fsp3) is 0.357. The highest BCUT2D eigenvalue weighted by Crippen LogP contribution is 2.45. The lowest BCUT2D eigenvalue weighted by Gasteiger charge is -2.62. The number of hydrogen-bond acceptors (Lipinski definition) is 1. The number of benzene rings is 3. The van der Waals surface area contributed by atoms with Crippen molar-refractivity contribution in [1.82, 2.24) is 0 Å². The SMILES string of the molecule is CCCC[C@]1(O)C[N+](Cc2ccccc2)(Cc2ccccc2)[C@H]1Cc1ccccc1.[Cl-]. The molecule has 0 unspecified atom stereocenters. The fourth-order valence-electron chi connectivity index (χ4n) is 5.39. The van der Waals surface area contributed by atoms with Crippen LogP contribution >= 0.6 is 0 Å². The van der Waals surface area contributed by atoms with Crippen LogP contribution in [-0.2, 0) is 19.5 Å². The average molecular weight is 436 g/mol. The van der Waals surface area contributed by atoms with Gasteiger partial charge in [0.15, 0.2) is 5.60 Å². The Bertz CT molecular complexity index is 874. The van der Waals surface area contributed by atoms with Crippen LogP contribution in [0, 0.1) is 0 Å². The van der Waals surface area contributed by atoms with Gasteiger partial charge in [0.2, 0.25) is 0 Å². The zero-order valence-electron chi connectivity index (χ0n) is 18.5. The second-order valence-electron chi connectivity index (χ2n) is 9.08. The fourth-order valence-corrected chi connectivity index (χ4v) is 5.39. The lowest BCUT2D eigenvalue weighted by molar-refractivity contribution is -1.03. The molecule has 3 aromatic carbocycles. The summed E-state index contributed by atoms with van der Waals surface area (Å²) in [6, 6.07) is 32.5. The Hall–Kier alpha value is -2.13. The summed E-state index contributed by atoms with van der Waals surface area (Å²) in [5.41, 5.74) is 3.43. The van der Waals surface area contributed by atoms with Gasteiger partial charge in [-0.2, -0.15) is 0 Å². The molecule has 3 heteroatoms. The summed E-state index contributed by atoms with van der Waals surface area (Å²) < 4.78 is 0.920. The van der Waals surface area contributed by atoms with Crippen LogP contribution in [0.15, 0.2) is 91.0 Å². The van der Waals surface area contributed by atoms with Crippen molar-refractivity contribution >= 4 is 0 Å². The molecular weight excluding hydrogens is 402 g/mol. The normalized spacial score (nSPS) is 21.7. The third-order valence-electron chi connectivity index (χ3n) is 6.79. The minimum absolute atomic E-state index is 0. The summed E-state index contributed by atoms with van der Waals surface area (Å²) in [6.45, 7) is 4.96. The summed E-state index contributed by atoms with van der Waals surface area (Å²) >= 11 is 0. The van der Waals surface area contributed by atoms with Gasteiger partial charge in [-0.25, -0.2) is 0 Å². The molecule has 0 radical (unpaired) electrons. The standard InChI is InChI=1S/C28H34NO.ClH/c1-2-3-19-28(30)23-29(21-25-15-9-5-10-16-25,22-26-17-11-6-12-18-26)27(28)20-24-13-7-4-8-14-24;/h4-18,27,30H,2-3,19-23H2,1H3;1H/q+1;/p-1/t27-,28-;/m0./s1. The molecule has 0 bridgehead atoms. The van der Waals surface area contributed by atoms with Gasteiger partial charge in [0.05, 0.1) is 0 Å². The summed E-state index contributed by atoms with van der Waals surface area (Å²) in [6.07, 6.45) is 4.02. The molecule has 3 aromatic rings. The number of halogens is 1. The summed E-state index contributed by atoms with van der Waals surface area (Å²) in [4.78, 5) is 0. The van der Waals surface area contributed by atoms with E-state index in [4.69, 9.17) is 0 Å². The Morgan fingerprint density at radius 2 is 1.23 bits per heavy atom. The smallest absolute Gasteiger partial charge is 0.165 e. The molecule has 1 aliphatic rings. The van der Waals surface area contributed by atoms with Crippen LogP contribution in [0.4, 0.5) is 0 Å². The second kappa shape index (κ2) is 10.5. The van der Waals surface area contributed by atoms with Gasteiger partial charge in [-0.15, -0.1) is 0 Å². The molecule has 1 aliphatic heterocycles. The predicted molar refractivity (Wildman–Crippen MR) is 124 cm³/mol. The average Bonchev–Trinajstić information content (AvgIpc) is 2.78. The molecule has 1 N–H and O–H groups in total. The molecule has 4 rings (SSSR count). The number of likely N-dealkylation sites (tertiary alicyclic amines) is 1. The first-order valence-corrected chi connectivity index (χ1v) is 11.3. The monoisotopic (exact) mass is 435 g/mol. The maximum Gasteiger partial charge on any atom is 0.165 e. The molecule has 2 nitrogen and oxygen atoms in total. The molecule has 0 aliphatic carbocycles. The number of rotatable bonds is 9. The van der Waals surface area contributed by atoms with E-state index in [2.05, 4.69) is 97.9 Å². The van der Waals surface area contributed by atoms with Crippen LogP contribution in [0.5, 0.6) is 0 Å². The van der Waals surface area contributed by atoms with E-state index >= 15 is 0 Å². The van der Waals surface area contributed by atoms with Crippen LogP contribution in [0.25, 0.3) is 0 Å². The van der Waals surface area contributed by atoms with Gasteiger partial charge in [0.25, 0.3) is 0 Å². The van der Waals surface area contributed by atoms with Crippen LogP contribution in [0.1, 0.15) is 42.9 Å². The first kappa shape index (κ1) is 23.5. The van der Waals surface area contributed by atoms with E-state index in [0.717, 1.165) is 49.8 Å². The zero-order chi connectivity index (χ0) is 20.9. The highest BCUT2D eigenvalue weighted by atomic mass is 35.5. The molecule has 0 amide bonds. The van der Waals surface area contributed by atoms with Gasteiger partial charge < -0.3 is 22.0 Å². The van der Waals surface area contributed by atoms with E-state index in [1.54, 1.807) is 0 Å². The van der Waals surface area contributed by atoms with Gasteiger partial charge in [-0.1, -0.05) is 111 Å². The largest absolute Gasteiger partial charge is 1.00 e. The molecule has 1 saturated heterocycles. The van der Waals surface area contributed by atoms with E-state index in [9.17, 15) is 5.11 Å². The lowest BCUT2D eigenvalue weighted by Crippen LogP contribution is -3.00. The van der Waals surface area contributed by atoms with Crippen molar-refractivity contribution in [3.8, 4) is 0 Å². The Balaban J connectivity index is 0.00000272. The minimum Gasteiger partial charge on any atom is -1.00 e. The van der Waals surface area contributed by atoms with Gasteiger partial charge in [-0.3, -0.25) is 0 Å². The number of unbranched alkanes of at least 4 members (excludes halogenated alkanes) is 1. The number of quaternary nitrogens is 1. The van der Waals surface area contributed by atoms with E-state index in [1.807, 2.05) is 0 Å². The minimum atomic E-state index is -0.588. The number of nitrogens with zero attached hydrogens (tertiary/aromatic N) is 1. The molecule has 164 valence electrons. The van der Waals surface area contributed by atoms with E-state index < -0.39 is 5.60 Å². The molecule has 1 heterocycles. The Morgan fingerprint density at radius 1 is 0.774 bits per heavy atom. The van der Waals surface area contributed by atoms with Crippen LogP contribution in [-0.4, -0.2) is 27.8 Å².